The molecule has 0 fully saturated rings. The van der Waals surface area contributed by atoms with E-state index in [1.165, 1.54) is 0 Å². The van der Waals surface area contributed by atoms with Crippen molar-refractivity contribution in [2.24, 2.45) is 0 Å². The highest BCUT2D eigenvalue weighted by atomic mass is 16.5. The molecule has 120 valence electrons. The van der Waals surface area contributed by atoms with Crippen LogP contribution in [-0.2, 0) is 20.8 Å². The largest absolute Gasteiger partial charge is 0.379 e. The van der Waals surface area contributed by atoms with E-state index in [-0.39, 0.29) is 5.56 Å². The van der Waals surface area contributed by atoms with E-state index < -0.39 is 0 Å². The number of unbranched alkanes of at least 4 members (excludes halogenated alkanes) is 1. The fraction of sp³-hybridized carbons (Fsp3) is 0.688. The monoisotopic (exact) mass is 297 g/mol. The van der Waals surface area contributed by atoms with Crippen LogP contribution in [0.15, 0.2) is 23.1 Å². The Morgan fingerprint density at radius 2 is 1.62 bits per heavy atom. The molecule has 5 heteroatoms. The zero-order valence-corrected chi connectivity index (χ0v) is 13.2. The topological polar surface area (TPSA) is 49.7 Å². The van der Waals surface area contributed by atoms with Gasteiger partial charge in [-0.1, -0.05) is 13.3 Å². The molecule has 21 heavy (non-hydrogen) atoms. The van der Waals surface area contributed by atoms with Crippen LogP contribution in [0.1, 0.15) is 25.3 Å². The summed E-state index contributed by atoms with van der Waals surface area (Å²) >= 11 is 0. The first kappa shape index (κ1) is 17.9. The van der Waals surface area contributed by atoms with E-state index in [9.17, 15) is 4.79 Å². The predicted octanol–water partition coefficient (Wildman–Crippen LogP) is 2.01. The Bertz CT molecular complexity index is 431. The molecule has 1 aromatic rings. The van der Waals surface area contributed by atoms with Crippen LogP contribution >= 0.6 is 0 Å². The van der Waals surface area contributed by atoms with E-state index in [1.807, 2.05) is 13.0 Å². The van der Waals surface area contributed by atoms with Crippen LogP contribution in [0.4, 0.5) is 0 Å². The quantitative estimate of drug-likeness (QED) is 0.554. The third-order valence-corrected chi connectivity index (χ3v) is 3.01. The molecule has 1 heterocycles. The molecule has 0 radical (unpaired) electrons. The Hall–Kier alpha value is -1.17. The minimum Gasteiger partial charge on any atom is -0.379 e. The number of hydrogen-bond acceptors (Lipinski definition) is 4. The number of ether oxygens (including phenoxy) is 3. The molecular weight excluding hydrogens is 270 g/mol. The van der Waals surface area contributed by atoms with E-state index in [2.05, 4.69) is 6.92 Å². The Labute approximate surface area is 126 Å². The maximum absolute atomic E-state index is 11.6. The zero-order valence-electron chi connectivity index (χ0n) is 13.2. The molecular formula is C16H27NO4. The van der Waals surface area contributed by atoms with Crippen molar-refractivity contribution in [1.82, 2.24) is 4.57 Å². The van der Waals surface area contributed by atoms with Gasteiger partial charge in [-0.15, -0.1) is 0 Å². The summed E-state index contributed by atoms with van der Waals surface area (Å²) in [4.78, 5) is 11.6. The summed E-state index contributed by atoms with van der Waals surface area (Å²) in [6.07, 6.45) is 4.05. The molecule has 5 nitrogen and oxygen atoms in total. The Morgan fingerprint density at radius 1 is 1.00 bits per heavy atom. The van der Waals surface area contributed by atoms with Crippen molar-refractivity contribution >= 4 is 0 Å². The maximum atomic E-state index is 11.6. The summed E-state index contributed by atoms with van der Waals surface area (Å²) in [5, 5.41) is 0. The molecule has 0 amide bonds. The lowest BCUT2D eigenvalue weighted by Gasteiger charge is -2.08. The van der Waals surface area contributed by atoms with Gasteiger partial charge in [0, 0.05) is 25.4 Å². The normalized spacial score (nSPS) is 11.0. The number of aromatic nitrogens is 1. The Kier molecular flexibility index (Phi) is 9.78. The van der Waals surface area contributed by atoms with E-state index >= 15 is 0 Å². The van der Waals surface area contributed by atoms with E-state index in [4.69, 9.17) is 14.2 Å². The second kappa shape index (κ2) is 11.5. The molecule has 0 aliphatic heterocycles. The molecule has 0 bridgehead atoms. The third-order valence-electron chi connectivity index (χ3n) is 3.01. The van der Waals surface area contributed by atoms with E-state index in [0.717, 1.165) is 25.0 Å². The first-order valence-corrected chi connectivity index (χ1v) is 7.64. The number of aryl methyl sites for hydroxylation is 1. The minimum atomic E-state index is 0.0130. The van der Waals surface area contributed by atoms with Gasteiger partial charge in [-0.25, -0.2) is 0 Å². The summed E-state index contributed by atoms with van der Waals surface area (Å²) in [6, 6.07) is 3.55. The van der Waals surface area contributed by atoms with Crippen molar-refractivity contribution in [2.75, 3.05) is 39.6 Å². The van der Waals surface area contributed by atoms with Gasteiger partial charge in [0.25, 0.3) is 5.56 Å². The van der Waals surface area contributed by atoms with Crippen LogP contribution in [0.25, 0.3) is 0 Å². The van der Waals surface area contributed by atoms with Crippen molar-refractivity contribution in [3.63, 3.8) is 0 Å². The zero-order chi connectivity index (χ0) is 15.3. The van der Waals surface area contributed by atoms with Crippen LogP contribution in [0.2, 0.25) is 0 Å². The summed E-state index contributed by atoms with van der Waals surface area (Å²) in [5.74, 6) is 0. The molecule has 0 aliphatic carbocycles. The van der Waals surface area contributed by atoms with Gasteiger partial charge in [0.15, 0.2) is 0 Å². The highest BCUT2D eigenvalue weighted by Crippen LogP contribution is 1.91. The second-order valence-corrected chi connectivity index (χ2v) is 4.93. The summed E-state index contributed by atoms with van der Waals surface area (Å²) in [7, 11) is 0. The lowest BCUT2D eigenvalue weighted by molar-refractivity contribution is 0.0126. The first-order valence-electron chi connectivity index (χ1n) is 7.64. The van der Waals surface area contributed by atoms with Crippen LogP contribution in [0.3, 0.4) is 0 Å². The van der Waals surface area contributed by atoms with Crippen molar-refractivity contribution < 1.29 is 14.2 Å². The Balaban J connectivity index is 1.94. The van der Waals surface area contributed by atoms with Crippen LogP contribution in [-0.4, -0.2) is 44.2 Å². The van der Waals surface area contributed by atoms with E-state index in [1.54, 1.807) is 16.8 Å². The average Bonchev–Trinajstić information content (AvgIpc) is 2.46. The SMILES string of the molecule is CCCCOCCOCCOCCn1ccc(C)cc1=O. The minimum absolute atomic E-state index is 0.0130. The first-order chi connectivity index (χ1) is 10.2. The van der Waals surface area contributed by atoms with Crippen molar-refractivity contribution in [2.45, 2.75) is 33.2 Å². The van der Waals surface area contributed by atoms with Crippen LogP contribution < -0.4 is 5.56 Å². The smallest absolute Gasteiger partial charge is 0.250 e. The van der Waals surface area contributed by atoms with Gasteiger partial charge in [-0.05, 0) is 25.0 Å². The molecule has 0 N–H and O–H groups in total. The highest BCUT2D eigenvalue weighted by molar-refractivity contribution is 5.07. The number of hydrogen-bond donors (Lipinski definition) is 0. The van der Waals surface area contributed by atoms with Gasteiger partial charge in [-0.3, -0.25) is 4.79 Å². The van der Waals surface area contributed by atoms with Gasteiger partial charge in [-0.2, -0.15) is 0 Å². The second-order valence-electron chi connectivity index (χ2n) is 4.93. The van der Waals surface area contributed by atoms with Crippen LogP contribution in [0, 0.1) is 6.92 Å². The van der Waals surface area contributed by atoms with Crippen molar-refractivity contribution in [3.05, 3.63) is 34.2 Å². The lowest BCUT2D eigenvalue weighted by Crippen LogP contribution is -2.21. The van der Waals surface area contributed by atoms with Crippen molar-refractivity contribution in [3.8, 4) is 0 Å². The van der Waals surface area contributed by atoms with Gasteiger partial charge >= 0.3 is 0 Å². The maximum Gasteiger partial charge on any atom is 0.250 e. The molecule has 0 unspecified atom stereocenters. The third kappa shape index (κ3) is 8.65. The number of pyridine rings is 1. The fourth-order valence-electron chi connectivity index (χ4n) is 1.74. The summed E-state index contributed by atoms with van der Waals surface area (Å²) < 4.78 is 17.9. The van der Waals surface area contributed by atoms with Gasteiger partial charge in [0.2, 0.25) is 0 Å². The van der Waals surface area contributed by atoms with Crippen LogP contribution in [0.5, 0.6) is 0 Å². The molecule has 1 rings (SSSR count). The molecule has 0 aliphatic rings. The average molecular weight is 297 g/mol. The lowest BCUT2D eigenvalue weighted by atomic mass is 10.3. The molecule has 0 saturated heterocycles. The summed E-state index contributed by atoms with van der Waals surface area (Å²) in [6.45, 7) is 8.27. The van der Waals surface area contributed by atoms with E-state index in [0.29, 0.717) is 39.6 Å². The fourth-order valence-corrected chi connectivity index (χ4v) is 1.74. The molecule has 0 aromatic carbocycles. The number of nitrogens with zero attached hydrogens (tertiary/aromatic N) is 1. The predicted molar refractivity (Wildman–Crippen MR) is 82.8 cm³/mol. The van der Waals surface area contributed by atoms with Crippen molar-refractivity contribution in [1.29, 1.82) is 0 Å². The molecule has 0 atom stereocenters. The van der Waals surface area contributed by atoms with Gasteiger partial charge in [0.05, 0.1) is 33.0 Å². The Morgan fingerprint density at radius 3 is 2.24 bits per heavy atom. The van der Waals surface area contributed by atoms with Gasteiger partial charge < -0.3 is 18.8 Å². The molecule has 1 aromatic heterocycles. The van der Waals surface area contributed by atoms with Gasteiger partial charge in [0.1, 0.15) is 0 Å². The molecule has 0 spiro atoms. The number of rotatable bonds is 12. The highest BCUT2D eigenvalue weighted by Gasteiger charge is 1.96. The summed E-state index contributed by atoms with van der Waals surface area (Å²) in [5.41, 5.74) is 0.991. The molecule has 0 saturated carbocycles. The standard InChI is InChI=1S/C16H27NO4/c1-3-4-8-19-10-12-21-13-11-20-9-7-17-6-5-15(2)14-16(17)18/h5-6,14H,3-4,7-13H2,1-2H3.